The third-order valence-corrected chi connectivity index (χ3v) is 6.49. The lowest BCUT2D eigenvalue weighted by Gasteiger charge is -2.27. The molecule has 170 valence electrons. The molecule has 1 N–H and O–H groups in total. The lowest BCUT2D eigenvalue weighted by atomic mass is 9.87. The van der Waals surface area contributed by atoms with Gasteiger partial charge in [-0.15, -0.1) is 0 Å². The molecule has 31 heavy (non-hydrogen) atoms. The van der Waals surface area contributed by atoms with Crippen LogP contribution in [0.15, 0.2) is 35.9 Å². The molecule has 3 rings (SSSR count). The topological polar surface area (TPSA) is 64.6 Å². The van der Waals surface area contributed by atoms with Crippen LogP contribution < -0.4 is 5.32 Å². The normalized spacial score (nSPS) is 18.1. The van der Waals surface area contributed by atoms with Crippen LogP contribution in [0, 0.1) is 11.8 Å². The van der Waals surface area contributed by atoms with Gasteiger partial charge >= 0.3 is 5.97 Å². The maximum Gasteiger partial charge on any atom is 0.335 e. The first-order valence-electron chi connectivity index (χ1n) is 11.8. The number of carbonyl (C=O) groups is 2. The van der Waals surface area contributed by atoms with Gasteiger partial charge in [0.15, 0.2) is 6.10 Å². The number of benzene rings is 1. The second-order valence-electron chi connectivity index (χ2n) is 8.85. The van der Waals surface area contributed by atoms with Gasteiger partial charge in [-0.3, -0.25) is 4.79 Å². The van der Waals surface area contributed by atoms with Gasteiger partial charge in [0.1, 0.15) is 0 Å². The number of ether oxygens (including phenoxy) is 2. The lowest BCUT2D eigenvalue weighted by molar-refractivity contribution is -0.162. The molecule has 5 heteroatoms. The predicted octanol–water partition coefficient (Wildman–Crippen LogP) is 4.38. The fourth-order valence-electron chi connectivity index (χ4n) is 4.86. The molecule has 0 unspecified atom stereocenters. The number of rotatable bonds is 11. The first kappa shape index (κ1) is 23.5. The van der Waals surface area contributed by atoms with Crippen LogP contribution in [0.25, 0.3) is 0 Å². The van der Waals surface area contributed by atoms with Gasteiger partial charge in [-0.1, -0.05) is 42.8 Å². The summed E-state index contributed by atoms with van der Waals surface area (Å²) in [4.78, 5) is 25.8. The van der Waals surface area contributed by atoms with Crippen molar-refractivity contribution in [2.24, 2.45) is 11.8 Å². The molecule has 2 aliphatic carbocycles. The van der Waals surface area contributed by atoms with Gasteiger partial charge in [0.05, 0.1) is 13.0 Å². The Hall–Kier alpha value is -2.14. The van der Waals surface area contributed by atoms with E-state index in [9.17, 15) is 9.59 Å². The Kier molecular flexibility index (Phi) is 9.13. The highest BCUT2D eigenvalue weighted by atomic mass is 16.6. The Bertz CT molecular complexity index is 747. The number of esters is 1. The summed E-state index contributed by atoms with van der Waals surface area (Å²) in [7, 11) is 1.36. The summed E-state index contributed by atoms with van der Waals surface area (Å²) >= 11 is 0. The Morgan fingerprint density at radius 2 is 1.90 bits per heavy atom. The number of carbonyl (C=O) groups excluding carboxylic acids is 2. The SMILES string of the molecule is CCCO[C@H](C(=O)OC)[C@H](CC1Cc2ccccc2C1)C(=O)NCCC1=CCCCC1. The van der Waals surface area contributed by atoms with Crippen molar-refractivity contribution >= 4 is 11.9 Å². The van der Waals surface area contributed by atoms with E-state index in [0.29, 0.717) is 25.5 Å². The molecule has 0 spiro atoms. The van der Waals surface area contributed by atoms with Crippen molar-refractivity contribution in [3.8, 4) is 0 Å². The third-order valence-electron chi connectivity index (χ3n) is 6.49. The van der Waals surface area contributed by atoms with Crippen LogP contribution >= 0.6 is 0 Å². The molecule has 1 amide bonds. The lowest BCUT2D eigenvalue weighted by Crippen LogP contribution is -2.44. The highest BCUT2D eigenvalue weighted by Crippen LogP contribution is 2.32. The molecule has 0 saturated carbocycles. The van der Waals surface area contributed by atoms with Crippen molar-refractivity contribution < 1.29 is 19.1 Å². The first-order valence-corrected chi connectivity index (χ1v) is 11.8. The molecule has 0 aromatic heterocycles. The van der Waals surface area contributed by atoms with Gasteiger partial charge in [0, 0.05) is 13.2 Å². The minimum atomic E-state index is -0.859. The smallest absolute Gasteiger partial charge is 0.335 e. The third kappa shape index (κ3) is 6.67. The van der Waals surface area contributed by atoms with E-state index in [1.807, 2.05) is 6.92 Å². The van der Waals surface area contributed by atoms with Crippen molar-refractivity contribution in [3.63, 3.8) is 0 Å². The van der Waals surface area contributed by atoms with E-state index in [1.54, 1.807) is 0 Å². The fourth-order valence-corrected chi connectivity index (χ4v) is 4.86. The maximum absolute atomic E-state index is 13.3. The van der Waals surface area contributed by atoms with Crippen LogP contribution in [0.4, 0.5) is 0 Å². The summed E-state index contributed by atoms with van der Waals surface area (Å²) in [6.45, 7) is 3.03. The van der Waals surface area contributed by atoms with Crippen molar-refractivity contribution in [2.75, 3.05) is 20.3 Å². The number of methoxy groups -OCH3 is 1. The highest BCUT2D eigenvalue weighted by molar-refractivity contribution is 5.86. The van der Waals surface area contributed by atoms with Gasteiger partial charge < -0.3 is 14.8 Å². The van der Waals surface area contributed by atoms with Gasteiger partial charge in [0.2, 0.25) is 5.91 Å². The molecule has 0 heterocycles. The zero-order chi connectivity index (χ0) is 22.1. The molecule has 2 aliphatic rings. The quantitative estimate of drug-likeness (QED) is 0.420. The minimum Gasteiger partial charge on any atom is -0.467 e. The van der Waals surface area contributed by atoms with Gasteiger partial charge in [-0.25, -0.2) is 4.79 Å². The molecule has 2 atom stereocenters. The molecule has 0 aliphatic heterocycles. The monoisotopic (exact) mass is 427 g/mol. The van der Waals surface area contributed by atoms with Crippen LogP contribution in [-0.4, -0.2) is 38.2 Å². The van der Waals surface area contributed by atoms with Gasteiger partial charge in [-0.2, -0.15) is 0 Å². The standard InChI is InChI=1S/C26H37NO4/c1-3-15-31-24(26(29)30-2)23(18-20-16-21-11-7-8-12-22(21)17-20)25(28)27-14-13-19-9-5-4-6-10-19/h7-9,11-12,20,23-24H,3-6,10,13-18H2,1-2H3,(H,27,28)/t23-,24-/m0/s1. The van der Waals surface area contributed by atoms with Crippen LogP contribution in [0.3, 0.4) is 0 Å². The summed E-state index contributed by atoms with van der Waals surface area (Å²) in [6.07, 6.45) is 10.4. The van der Waals surface area contributed by atoms with E-state index in [1.165, 1.54) is 36.7 Å². The average molecular weight is 428 g/mol. The average Bonchev–Trinajstić information content (AvgIpc) is 3.21. The van der Waals surface area contributed by atoms with Crippen LogP contribution in [0.5, 0.6) is 0 Å². The second kappa shape index (κ2) is 12.0. The zero-order valence-corrected chi connectivity index (χ0v) is 19.0. The summed E-state index contributed by atoms with van der Waals surface area (Å²) in [5.74, 6) is -0.775. The van der Waals surface area contributed by atoms with Crippen LogP contribution in [0.2, 0.25) is 0 Å². The van der Waals surface area contributed by atoms with E-state index < -0.39 is 18.0 Å². The molecule has 0 bridgehead atoms. The molecule has 5 nitrogen and oxygen atoms in total. The van der Waals surface area contributed by atoms with E-state index >= 15 is 0 Å². The van der Waals surface area contributed by atoms with Crippen molar-refractivity contribution in [2.45, 2.75) is 70.8 Å². The van der Waals surface area contributed by atoms with Crippen LogP contribution in [0.1, 0.15) is 63.0 Å². The molecule has 1 aromatic rings. The van der Waals surface area contributed by atoms with Crippen LogP contribution in [-0.2, 0) is 31.9 Å². The summed E-state index contributed by atoms with van der Waals surface area (Å²) < 4.78 is 10.9. The minimum absolute atomic E-state index is 0.0983. The van der Waals surface area contributed by atoms with Gasteiger partial charge in [-0.05, 0) is 74.8 Å². The largest absolute Gasteiger partial charge is 0.467 e. The first-order chi connectivity index (χ1) is 15.1. The second-order valence-corrected chi connectivity index (χ2v) is 8.85. The number of hydrogen-bond acceptors (Lipinski definition) is 4. The number of nitrogens with one attached hydrogen (secondary N) is 1. The summed E-state index contributed by atoms with van der Waals surface area (Å²) in [6, 6.07) is 8.45. The zero-order valence-electron chi connectivity index (χ0n) is 19.0. The number of allylic oxidation sites excluding steroid dienone is 1. The molecular formula is C26H37NO4. The van der Waals surface area contributed by atoms with E-state index in [2.05, 4.69) is 35.7 Å². The summed E-state index contributed by atoms with van der Waals surface area (Å²) in [5, 5.41) is 3.09. The Labute approximate surface area is 186 Å². The van der Waals surface area contributed by atoms with Crippen molar-refractivity contribution in [3.05, 3.63) is 47.0 Å². The maximum atomic E-state index is 13.3. The molecule has 1 aromatic carbocycles. The Morgan fingerprint density at radius 1 is 1.16 bits per heavy atom. The van der Waals surface area contributed by atoms with Crippen molar-refractivity contribution in [1.29, 1.82) is 0 Å². The number of fused-ring (bicyclic) bond motifs is 1. The van der Waals surface area contributed by atoms with E-state index in [4.69, 9.17) is 9.47 Å². The van der Waals surface area contributed by atoms with E-state index in [0.717, 1.165) is 38.5 Å². The summed E-state index contributed by atoms with van der Waals surface area (Å²) in [5.41, 5.74) is 4.13. The predicted molar refractivity (Wildman–Crippen MR) is 122 cm³/mol. The Balaban J connectivity index is 1.67. The fraction of sp³-hybridized carbons (Fsp3) is 0.615. The van der Waals surface area contributed by atoms with Gasteiger partial charge in [0.25, 0.3) is 0 Å². The van der Waals surface area contributed by atoms with E-state index in [-0.39, 0.29) is 5.91 Å². The molecule has 0 saturated heterocycles. The Morgan fingerprint density at radius 3 is 2.52 bits per heavy atom. The highest BCUT2D eigenvalue weighted by Gasteiger charge is 2.38. The molecular weight excluding hydrogens is 390 g/mol. The molecule has 0 fully saturated rings. The number of hydrogen-bond donors (Lipinski definition) is 1. The molecule has 0 radical (unpaired) electrons. The van der Waals surface area contributed by atoms with Crippen molar-refractivity contribution in [1.82, 2.24) is 5.32 Å². The number of amides is 1.